The van der Waals surface area contributed by atoms with Gasteiger partial charge in [-0.25, -0.2) is 0 Å². The summed E-state index contributed by atoms with van der Waals surface area (Å²) in [6.45, 7) is 4.87. The van der Waals surface area contributed by atoms with Crippen LogP contribution in [0.1, 0.15) is 34.1 Å². The number of rotatable bonds is 7. The normalized spacial score (nSPS) is 20.9. The van der Waals surface area contributed by atoms with Gasteiger partial charge in [-0.05, 0) is 18.6 Å². The van der Waals surface area contributed by atoms with E-state index >= 15 is 0 Å². The van der Waals surface area contributed by atoms with Gasteiger partial charge in [-0.15, -0.1) is 0 Å². The third kappa shape index (κ3) is 6.91. The Bertz CT molecular complexity index is 833. The van der Waals surface area contributed by atoms with Crippen LogP contribution < -0.4 is 0 Å². The summed E-state index contributed by atoms with van der Waals surface area (Å²) < 4.78 is 21.4. The predicted octanol–water partition coefficient (Wildman–Crippen LogP) is 3.00. The molecule has 0 bridgehead atoms. The molecule has 0 saturated carbocycles. The Hall–Kier alpha value is -2.81. The summed E-state index contributed by atoms with van der Waals surface area (Å²) in [5, 5.41) is 0. The quantitative estimate of drug-likeness (QED) is 0.471. The first-order valence-electron chi connectivity index (χ1n) is 9.29. The molecule has 3 atom stereocenters. The minimum atomic E-state index is -1.16. The van der Waals surface area contributed by atoms with Gasteiger partial charge in [0.1, 0.15) is 0 Å². The van der Waals surface area contributed by atoms with Gasteiger partial charge in [0, 0.05) is 43.4 Å². The highest BCUT2D eigenvalue weighted by molar-refractivity contribution is 8.03. The number of allylic oxidation sites excluding steroid dienone is 1. The smallest absolute Gasteiger partial charge is 0.307 e. The van der Waals surface area contributed by atoms with Gasteiger partial charge < -0.3 is 18.9 Å². The van der Waals surface area contributed by atoms with Crippen LogP contribution >= 0.6 is 11.8 Å². The highest BCUT2D eigenvalue weighted by atomic mass is 32.2. The van der Waals surface area contributed by atoms with Gasteiger partial charge in [0.2, 0.25) is 0 Å². The van der Waals surface area contributed by atoms with Crippen molar-refractivity contribution in [3.8, 4) is 0 Å². The Morgan fingerprint density at radius 3 is 2.07 bits per heavy atom. The summed E-state index contributed by atoms with van der Waals surface area (Å²) in [6, 6.07) is 9.35. The first kappa shape index (κ1) is 23.5. The van der Waals surface area contributed by atoms with E-state index in [0.717, 1.165) is 4.90 Å². The lowest BCUT2D eigenvalue weighted by Gasteiger charge is -2.37. The zero-order chi connectivity index (χ0) is 22.3. The second kappa shape index (κ2) is 10.8. The monoisotopic (exact) mass is 436 g/mol. The number of hydrogen-bond acceptors (Lipinski definition) is 9. The molecule has 0 fully saturated rings. The maximum Gasteiger partial charge on any atom is 0.307 e. The van der Waals surface area contributed by atoms with E-state index in [9.17, 15) is 19.2 Å². The Morgan fingerprint density at radius 2 is 1.53 bits per heavy atom. The molecule has 1 aliphatic rings. The minimum absolute atomic E-state index is 0.0583. The molecule has 2 rings (SSSR count). The van der Waals surface area contributed by atoms with E-state index in [4.69, 9.17) is 18.9 Å². The first-order chi connectivity index (χ1) is 14.2. The standard InChI is InChI=1S/C21H24O8S/c1-12(22)26-11-16-10-18(30-17-8-6-5-7-9-17)20(28-14(3)24)21(29-15(4)25)19(16)27-13(2)23/h5-9,16,19,21H,10-11H2,1-4H3/t16-,19-,21+/m0/s1. The van der Waals surface area contributed by atoms with E-state index in [2.05, 4.69) is 0 Å². The van der Waals surface area contributed by atoms with Crippen LogP contribution in [0.5, 0.6) is 0 Å². The van der Waals surface area contributed by atoms with Crippen LogP contribution in [0.3, 0.4) is 0 Å². The van der Waals surface area contributed by atoms with Gasteiger partial charge in [-0.2, -0.15) is 0 Å². The van der Waals surface area contributed by atoms with Crippen LogP contribution in [0.25, 0.3) is 0 Å². The van der Waals surface area contributed by atoms with Gasteiger partial charge >= 0.3 is 23.9 Å². The number of benzene rings is 1. The van der Waals surface area contributed by atoms with Crippen molar-refractivity contribution in [1.29, 1.82) is 0 Å². The molecule has 162 valence electrons. The van der Waals surface area contributed by atoms with Crippen LogP contribution in [0.15, 0.2) is 45.9 Å². The average Bonchev–Trinajstić information content (AvgIpc) is 2.64. The maximum absolute atomic E-state index is 11.8. The van der Waals surface area contributed by atoms with Gasteiger partial charge in [0.05, 0.1) is 6.61 Å². The predicted molar refractivity (Wildman–Crippen MR) is 107 cm³/mol. The second-order valence-corrected chi connectivity index (χ2v) is 7.84. The Morgan fingerprint density at radius 1 is 0.900 bits per heavy atom. The molecule has 30 heavy (non-hydrogen) atoms. The van der Waals surface area contributed by atoms with Gasteiger partial charge in [-0.1, -0.05) is 30.0 Å². The fraction of sp³-hybridized carbons (Fsp3) is 0.429. The molecule has 0 N–H and O–H groups in total. The van der Waals surface area contributed by atoms with E-state index in [1.54, 1.807) is 0 Å². The van der Waals surface area contributed by atoms with E-state index in [0.29, 0.717) is 4.91 Å². The molecule has 0 spiro atoms. The molecule has 1 aromatic carbocycles. The molecular formula is C21H24O8S. The summed E-state index contributed by atoms with van der Waals surface area (Å²) in [4.78, 5) is 48.1. The molecule has 0 aliphatic heterocycles. The second-order valence-electron chi connectivity index (χ2n) is 6.67. The van der Waals surface area contributed by atoms with Crippen molar-refractivity contribution in [1.82, 2.24) is 0 Å². The lowest BCUT2D eigenvalue weighted by Crippen LogP contribution is -2.47. The van der Waals surface area contributed by atoms with Crippen molar-refractivity contribution in [2.75, 3.05) is 6.61 Å². The van der Waals surface area contributed by atoms with Crippen molar-refractivity contribution < 1.29 is 38.1 Å². The topological polar surface area (TPSA) is 105 Å². The van der Waals surface area contributed by atoms with Crippen molar-refractivity contribution in [2.24, 2.45) is 5.92 Å². The summed E-state index contributed by atoms with van der Waals surface area (Å²) in [5.74, 6) is -2.74. The fourth-order valence-electron chi connectivity index (χ4n) is 3.03. The largest absolute Gasteiger partial charge is 0.465 e. The van der Waals surface area contributed by atoms with Gasteiger partial charge in [-0.3, -0.25) is 19.2 Å². The molecule has 0 unspecified atom stereocenters. The SMILES string of the molecule is CC(=O)OC[C@@H]1CC(Sc2ccccc2)=C(OC(C)=O)[C@H](OC(C)=O)[C@H]1OC(C)=O. The van der Waals surface area contributed by atoms with Crippen molar-refractivity contribution in [3.05, 3.63) is 41.0 Å². The fourth-order valence-corrected chi connectivity index (χ4v) is 4.16. The number of carbonyl (C=O) groups excluding carboxylic acids is 4. The number of ether oxygens (including phenoxy) is 4. The molecule has 1 aromatic rings. The lowest BCUT2D eigenvalue weighted by atomic mass is 9.88. The van der Waals surface area contributed by atoms with Crippen LogP contribution in [-0.4, -0.2) is 42.7 Å². The zero-order valence-electron chi connectivity index (χ0n) is 17.2. The molecule has 0 amide bonds. The molecule has 0 radical (unpaired) electrons. The highest BCUT2D eigenvalue weighted by Gasteiger charge is 2.45. The lowest BCUT2D eigenvalue weighted by molar-refractivity contribution is -0.175. The number of thioether (sulfide) groups is 1. The first-order valence-corrected chi connectivity index (χ1v) is 10.1. The zero-order valence-corrected chi connectivity index (χ0v) is 18.0. The van der Waals surface area contributed by atoms with E-state index in [1.807, 2.05) is 30.3 Å². The van der Waals surface area contributed by atoms with Gasteiger partial charge in [0.25, 0.3) is 0 Å². The number of hydrogen-bond donors (Lipinski definition) is 0. The number of esters is 4. The molecule has 9 heteroatoms. The third-order valence-corrected chi connectivity index (χ3v) is 5.20. The van der Waals surface area contributed by atoms with E-state index < -0.39 is 42.0 Å². The van der Waals surface area contributed by atoms with E-state index in [-0.39, 0.29) is 18.8 Å². The van der Waals surface area contributed by atoms with Crippen LogP contribution in [0.2, 0.25) is 0 Å². The average molecular weight is 436 g/mol. The molecular weight excluding hydrogens is 412 g/mol. The van der Waals surface area contributed by atoms with Crippen molar-refractivity contribution in [2.45, 2.75) is 51.2 Å². The molecule has 0 saturated heterocycles. The summed E-state index contributed by atoms with van der Waals surface area (Å²) in [7, 11) is 0. The molecule has 0 heterocycles. The Labute approximate surface area is 178 Å². The van der Waals surface area contributed by atoms with Crippen LogP contribution in [0, 0.1) is 5.92 Å². The van der Waals surface area contributed by atoms with Crippen molar-refractivity contribution in [3.63, 3.8) is 0 Å². The maximum atomic E-state index is 11.8. The third-order valence-electron chi connectivity index (χ3n) is 4.08. The van der Waals surface area contributed by atoms with Gasteiger partial charge in [0.15, 0.2) is 18.0 Å². The van der Waals surface area contributed by atoms with E-state index in [1.165, 1.54) is 39.5 Å². The molecule has 1 aliphatic carbocycles. The van der Waals surface area contributed by atoms with Crippen LogP contribution in [-0.2, 0) is 38.1 Å². The Balaban J connectivity index is 2.53. The summed E-state index contributed by atoms with van der Waals surface area (Å²) in [5.41, 5.74) is 0. The summed E-state index contributed by atoms with van der Waals surface area (Å²) in [6.07, 6.45) is -1.86. The molecule has 8 nitrogen and oxygen atoms in total. The highest BCUT2D eigenvalue weighted by Crippen LogP contribution is 2.43. The Kier molecular flexibility index (Phi) is 8.46. The minimum Gasteiger partial charge on any atom is -0.465 e. The van der Waals surface area contributed by atoms with Crippen molar-refractivity contribution >= 4 is 35.6 Å². The summed E-state index contributed by atoms with van der Waals surface area (Å²) >= 11 is 1.33. The van der Waals surface area contributed by atoms with Crippen LogP contribution in [0.4, 0.5) is 0 Å². The number of carbonyl (C=O) groups is 4. The molecule has 0 aromatic heterocycles.